The molecule has 2 aromatic carbocycles. The van der Waals surface area contributed by atoms with Gasteiger partial charge in [0.15, 0.2) is 0 Å². The quantitative estimate of drug-likeness (QED) is 0.735. The van der Waals surface area contributed by atoms with E-state index in [2.05, 4.69) is 20.7 Å². The summed E-state index contributed by atoms with van der Waals surface area (Å²) in [6.45, 7) is 1.78. The van der Waals surface area contributed by atoms with E-state index in [0.717, 1.165) is 5.56 Å². The van der Waals surface area contributed by atoms with E-state index in [1.54, 1.807) is 19.1 Å². The second kappa shape index (κ2) is 6.04. The Hall–Kier alpha value is -0.950. The van der Waals surface area contributed by atoms with Gasteiger partial charge in [0.05, 0.1) is 15.6 Å². The van der Waals surface area contributed by atoms with Gasteiger partial charge in [0.2, 0.25) is 0 Å². The number of hydrogen-bond acceptors (Lipinski definition) is 3. The Bertz CT molecular complexity index is 810. The van der Waals surface area contributed by atoms with Gasteiger partial charge in [-0.2, -0.15) is 0 Å². The van der Waals surface area contributed by atoms with Crippen LogP contribution in [0, 0.1) is 6.92 Å². The SMILES string of the molecule is Cc1cc(Cl)c(NS(=O)(=O)c2ccc(Br)c(N)c2)cc1Cl. The van der Waals surface area contributed by atoms with Crippen molar-refractivity contribution in [3.63, 3.8) is 0 Å². The molecule has 0 aliphatic heterocycles. The molecule has 112 valence electrons. The van der Waals surface area contributed by atoms with Gasteiger partial charge in [-0.05, 0) is 58.7 Å². The molecule has 2 rings (SSSR count). The topological polar surface area (TPSA) is 72.2 Å². The Labute approximate surface area is 141 Å². The van der Waals surface area contributed by atoms with Crippen LogP contribution >= 0.6 is 39.1 Å². The van der Waals surface area contributed by atoms with E-state index in [9.17, 15) is 8.42 Å². The number of hydrogen-bond donors (Lipinski definition) is 2. The molecule has 0 bridgehead atoms. The van der Waals surface area contributed by atoms with Crippen molar-refractivity contribution in [3.05, 3.63) is 50.4 Å². The monoisotopic (exact) mass is 408 g/mol. The van der Waals surface area contributed by atoms with E-state index in [0.29, 0.717) is 15.2 Å². The molecule has 0 saturated heterocycles. The fourth-order valence-corrected chi connectivity index (χ4v) is 3.45. The average molecular weight is 410 g/mol. The van der Waals surface area contributed by atoms with Crippen molar-refractivity contribution in [2.45, 2.75) is 11.8 Å². The summed E-state index contributed by atoms with van der Waals surface area (Å²) >= 11 is 15.2. The van der Waals surface area contributed by atoms with Gasteiger partial charge in [-0.3, -0.25) is 4.72 Å². The fourth-order valence-electron chi connectivity index (χ4n) is 1.62. The minimum absolute atomic E-state index is 0.0379. The fraction of sp³-hybridized carbons (Fsp3) is 0.0769. The smallest absolute Gasteiger partial charge is 0.262 e. The van der Waals surface area contributed by atoms with Crippen LogP contribution in [0.1, 0.15) is 5.56 Å². The molecule has 0 atom stereocenters. The van der Waals surface area contributed by atoms with Crippen LogP contribution in [0.25, 0.3) is 0 Å². The highest BCUT2D eigenvalue weighted by Gasteiger charge is 2.17. The van der Waals surface area contributed by atoms with Crippen LogP contribution in [0.3, 0.4) is 0 Å². The predicted octanol–water partition coefficient (Wildman–Crippen LogP) is 4.45. The van der Waals surface area contributed by atoms with Crippen molar-refractivity contribution >= 4 is 60.5 Å². The molecule has 8 heteroatoms. The molecule has 0 spiro atoms. The van der Waals surface area contributed by atoms with Crippen LogP contribution in [0.2, 0.25) is 10.0 Å². The van der Waals surface area contributed by atoms with Crippen LogP contribution < -0.4 is 10.5 Å². The Morgan fingerprint density at radius 2 is 1.81 bits per heavy atom. The Balaban J connectivity index is 2.42. The van der Waals surface area contributed by atoms with Crippen LogP contribution in [0.5, 0.6) is 0 Å². The van der Waals surface area contributed by atoms with Crippen molar-refractivity contribution in [2.75, 3.05) is 10.5 Å². The molecule has 0 aromatic heterocycles. The minimum atomic E-state index is -3.80. The van der Waals surface area contributed by atoms with Gasteiger partial charge in [-0.1, -0.05) is 23.2 Å². The molecule has 2 aromatic rings. The molecule has 0 fully saturated rings. The average Bonchev–Trinajstić information content (AvgIpc) is 2.39. The third-order valence-corrected chi connectivity index (χ3v) is 5.58. The predicted molar refractivity (Wildman–Crippen MR) is 90.6 cm³/mol. The summed E-state index contributed by atoms with van der Waals surface area (Å²) in [6.07, 6.45) is 0. The van der Waals surface area contributed by atoms with Crippen LogP contribution in [-0.4, -0.2) is 8.42 Å². The molecule has 0 saturated carbocycles. The van der Waals surface area contributed by atoms with Crippen molar-refractivity contribution in [1.29, 1.82) is 0 Å². The number of aryl methyl sites for hydroxylation is 1. The first kappa shape index (κ1) is 16.4. The summed E-state index contributed by atoms with van der Waals surface area (Å²) in [4.78, 5) is 0.0379. The van der Waals surface area contributed by atoms with Crippen LogP contribution in [0.4, 0.5) is 11.4 Å². The van der Waals surface area contributed by atoms with Gasteiger partial charge in [-0.25, -0.2) is 8.42 Å². The number of nitrogen functional groups attached to an aromatic ring is 1. The largest absolute Gasteiger partial charge is 0.398 e. The van der Waals surface area contributed by atoms with Crippen molar-refractivity contribution < 1.29 is 8.42 Å². The lowest BCUT2D eigenvalue weighted by molar-refractivity contribution is 0.601. The van der Waals surface area contributed by atoms with E-state index in [1.807, 2.05) is 0 Å². The molecule has 0 aliphatic rings. The molecule has 0 aliphatic carbocycles. The van der Waals surface area contributed by atoms with Gasteiger partial charge >= 0.3 is 0 Å². The van der Waals surface area contributed by atoms with E-state index < -0.39 is 10.0 Å². The highest BCUT2D eigenvalue weighted by Crippen LogP contribution is 2.31. The highest BCUT2D eigenvalue weighted by atomic mass is 79.9. The molecule has 0 heterocycles. The van der Waals surface area contributed by atoms with Crippen LogP contribution in [-0.2, 0) is 10.0 Å². The first-order valence-electron chi connectivity index (χ1n) is 5.74. The number of benzene rings is 2. The Morgan fingerprint density at radius 3 is 2.43 bits per heavy atom. The molecule has 3 N–H and O–H groups in total. The lowest BCUT2D eigenvalue weighted by Crippen LogP contribution is -2.13. The Morgan fingerprint density at radius 1 is 1.14 bits per heavy atom. The van der Waals surface area contributed by atoms with Gasteiger partial charge in [0, 0.05) is 15.2 Å². The summed E-state index contributed by atoms with van der Waals surface area (Å²) in [5, 5.41) is 0.693. The molecular formula is C13H11BrCl2N2O2S. The molecule has 4 nitrogen and oxygen atoms in total. The van der Waals surface area contributed by atoms with Crippen LogP contribution in [0.15, 0.2) is 39.7 Å². The first-order valence-corrected chi connectivity index (χ1v) is 8.77. The maximum atomic E-state index is 12.3. The second-order valence-corrected chi connectivity index (χ2v) is 7.72. The second-order valence-electron chi connectivity index (χ2n) is 4.37. The van der Waals surface area contributed by atoms with Gasteiger partial charge in [0.25, 0.3) is 10.0 Å². The zero-order valence-electron chi connectivity index (χ0n) is 10.8. The number of rotatable bonds is 3. The zero-order valence-corrected chi connectivity index (χ0v) is 14.7. The lowest BCUT2D eigenvalue weighted by atomic mass is 10.2. The normalized spacial score (nSPS) is 11.4. The maximum Gasteiger partial charge on any atom is 0.262 e. The summed E-state index contributed by atoms with van der Waals surface area (Å²) < 4.78 is 27.7. The lowest BCUT2D eigenvalue weighted by Gasteiger charge is -2.12. The first-order chi connectivity index (χ1) is 9.70. The van der Waals surface area contributed by atoms with Gasteiger partial charge in [0.1, 0.15) is 0 Å². The molecule has 0 unspecified atom stereocenters. The third-order valence-electron chi connectivity index (χ3n) is 2.77. The van der Waals surface area contributed by atoms with Gasteiger partial charge < -0.3 is 5.73 Å². The minimum Gasteiger partial charge on any atom is -0.398 e. The van der Waals surface area contributed by atoms with E-state index in [4.69, 9.17) is 28.9 Å². The molecule has 21 heavy (non-hydrogen) atoms. The maximum absolute atomic E-state index is 12.3. The standard InChI is InChI=1S/C13H11BrCl2N2O2S/c1-7-4-11(16)13(6-10(7)15)18-21(19,20)8-2-3-9(14)12(17)5-8/h2-6,18H,17H2,1H3. The summed E-state index contributed by atoms with van der Waals surface area (Å²) in [5.74, 6) is 0. The number of nitrogens with two attached hydrogens (primary N) is 1. The van der Waals surface area contributed by atoms with Crippen molar-refractivity contribution in [1.82, 2.24) is 0 Å². The molecular weight excluding hydrogens is 399 g/mol. The number of anilines is 2. The van der Waals surface area contributed by atoms with Gasteiger partial charge in [-0.15, -0.1) is 0 Å². The number of sulfonamides is 1. The van der Waals surface area contributed by atoms with Crippen molar-refractivity contribution in [2.24, 2.45) is 0 Å². The zero-order chi connectivity index (χ0) is 15.8. The summed E-state index contributed by atoms with van der Waals surface area (Å²) in [6, 6.07) is 7.42. The summed E-state index contributed by atoms with van der Waals surface area (Å²) in [5.41, 5.74) is 7.00. The highest BCUT2D eigenvalue weighted by molar-refractivity contribution is 9.10. The molecule has 0 radical (unpaired) electrons. The summed E-state index contributed by atoms with van der Waals surface area (Å²) in [7, 11) is -3.80. The number of nitrogens with one attached hydrogen (secondary N) is 1. The third kappa shape index (κ3) is 3.63. The Kier molecular flexibility index (Phi) is 4.72. The van der Waals surface area contributed by atoms with E-state index >= 15 is 0 Å². The number of halogens is 3. The molecule has 0 amide bonds. The van der Waals surface area contributed by atoms with E-state index in [1.165, 1.54) is 18.2 Å². The van der Waals surface area contributed by atoms with E-state index in [-0.39, 0.29) is 15.6 Å². The van der Waals surface area contributed by atoms with Crippen molar-refractivity contribution in [3.8, 4) is 0 Å².